The minimum Gasteiger partial charge on any atom is -0.508 e. The maximum atomic E-state index is 13.7. The van der Waals surface area contributed by atoms with Gasteiger partial charge in [-0.1, -0.05) is 0 Å². The molecule has 17 nitrogen and oxygen atoms in total. The normalized spacial score (nSPS) is 32.5. The van der Waals surface area contributed by atoms with Crippen LogP contribution in [0.5, 0.6) is 28.7 Å². The van der Waals surface area contributed by atoms with Crippen molar-refractivity contribution in [2.24, 2.45) is 0 Å². The second kappa shape index (κ2) is 12.3. The van der Waals surface area contributed by atoms with E-state index in [1.54, 1.807) is 0 Å². The van der Waals surface area contributed by atoms with Gasteiger partial charge in [-0.15, -0.1) is 0 Å². The van der Waals surface area contributed by atoms with E-state index in [1.165, 1.54) is 6.07 Å². The summed E-state index contributed by atoms with van der Waals surface area (Å²) in [6.45, 7) is -1.68. The van der Waals surface area contributed by atoms with Crippen LogP contribution in [0.25, 0.3) is 22.3 Å². The van der Waals surface area contributed by atoms with Crippen LogP contribution < -0.4 is 10.2 Å². The molecule has 1 aromatic heterocycles. The fraction of sp³-hybridized carbons (Fsp3) is 0.444. The third kappa shape index (κ3) is 5.61. The van der Waals surface area contributed by atoms with E-state index in [2.05, 4.69) is 0 Å². The first-order valence-corrected chi connectivity index (χ1v) is 13.2. The number of aliphatic hydroxyl groups is 7. The Bertz CT molecular complexity index is 1560. The molecule has 2 aliphatic rings. The summed E-state index contributed by atoms with van der Waals surface area (Å²) in [4.78, 5) is 13.7. The smallest absolute Gasteiger partial charge is 0.239 e. The first-order chi connectivity index (χ1) is 20.9. The Morgan fingerprint density at radius 3 is 1.98 bits per heavy atom. The minimum absolute atomic E-state index is 0.0707. The van der Waals surface area contributed by atoms with Crippen molar-refractivity contribution in [3.05, 3.63) is 40.6 Å². The van der Waals surface area contributed by atoms with Crippen LogP contribution in [0, 0.1) is 0 Å². The number of aliphatic hydroxyl groups excluding tert-OH is 7. The molecule has 0 aliphatic carbocycles. The SMILES string of the molecule is O=c1c(O[C@@H]2O[C@@H](CO)[C@@H](O)[C@@H](O)[C@H]2O[C@@H]2O[C@H](CO)[C@@H](O)[C@H](O)[C@H]2O)c(-c2ccc(O)c(O)c2)oc2cc(O)cc(O)c12. The molecule has 17 heteroatoms. The summed E-state index contributed by atoms with van der Waals surface area (Å²) in [6.07, 6.45) is -18.0. The van der Waals surface area contributed by atoms with Gasteiger partial charge in [0.25, 0.3) is 0 Å². The van der Waals surface area contributed by atoms with Crippen LogP contribution in [-0.4, -0.2) is 131 Å². The minimum atomic E-state index is -1.97. The Balaban J connectivity index is 1.61. The lowest BCUT2D eigenvalue weighted by Gasteiger charge is -2.45. The molecule has 0 radical (unpaired) electrons. The van der Waals surface area contributed by atoms with Gasteiger partial charge in [-0.2, -0.15) is 0 Å². The molecule has 240 valence electrons. The predicted molar refractivity (Wildman–Crippen MR) is 142 cm³/mol. The van der Waals surface area contributed by atoms with E-state index >= 15 is 0 Å². The van der Waals surface area contributed by atoms with Crippen molar-refractivity contribution >= 4 is 11.0 Å². The number of hydrogen-bond donors (Lipinski definition) is 11. The van der Waals surface area contributed by atoms with Gasteiger partial charge in [-0.3, -0.25) is 4.79 Å². The van der Waals surface area contributed by atoms with E-state index < -0.39 is 120 Å². The number of hydrogen-bond acceptors (Lipinski definition) is 17. The lowest BCUT2D eigenvalue weighted by Crippen LogP contribution is -2.65. The standard InChI is InChI=1S/C27H30O17/c28-6-14-17(34)20(37)22(39)26(41-14)44-25-21(38)18(35)15(7-29)42-27(25)43-24-19(36)16-12(33)4-9(30)5-13(16)40-23(24)8-1-2-10(31)11(32)3-8/h1-5,14-15,17-18,20-22,25-35,37-39H,6-7H2/t14-,15+,17-,18-,20+,21-,22-,25-,26+,27+/m1/s1. The quantitative estimate of drug-likeness (QED) is 0.119. The topological polar surface area (TPSA) is 290 Å². The van der Waals surface area contributed by atoms with Gasteiger partial charge < -0.3 is 79.5 Å². The highest BCUT2D eigenvalue weighted by Gasteiger charge is 2.51. The van der Waals surface area contributed by atoms with E-state index in [-0.39, 0.29) is 11.1 Å². The van der Waals surface area contributed by atoms with Crippen LogP contribution >= 0.6 is 0 Å². The van der Waals surface area contributed by atoms with Crippen molar-refractivity contribution in [2.75, 3.05) is 13.2 Å². The number of phenolic OH excluding ortho intramolecular Hbond substituents is 4. The summed E-state index contributed by atoms with van der Waals surface area (Å²) in [7, 11) is 0. The first kappa shape index (κ1) is 31.7. The monoisotopic (exact) mass is 626 g/mol. The summed E-state index contributed by atoms with van der Waals surface area (Å²) < 4.78 is 28.1. The largest absolute Gasteiger partial charge is 0.508 e. The molecule has 5 rings (SSSR count). The average Bonchev–Trinajstić information content (AvgIpc) is 2.98. The van der Waals surface area contributed by atoms with Crippen LogP contribution in [-0.2, 0) is 14.2 Å². The predicted octanol–water partition coefficient (Wildman–Crippen LogP) is -2.71. The maximum Gasteiger partial charge on any atom is 0.239 e. The van der Waals surface area contributed by atoms with Gasteiger partial charge >= 0.3 is 0 Å². The van der Waals surface area contributed by atoms with Crippen LogP contribution in [0.15, 0.2) is 39.5 Å². The van der Waals surface area contributed by atoms with Gasteiger partial charge in [-0.25, -0.2) is 0 Å². The van der Waals surface area contributed by atoms with Crippen molar-refractivity contribution in [3.63, 3.8) is 0 Å². The third-order valence-electron chi connectivity index (χ3n) is 7.35. The molecule has 2 aliphatic heterocycles. The van der Waals surface area contributed by atoms with Gasteiger partial charge in [0.1, 0.15) is 65.2 Å². The highest BCUT2D eigenvalue weighted by atomic mass is 16.8. The summed E-state index contributed by atoms with van der Waals surface area (Å²) >= 11 is 0. The molecule has 2 aromatic carbocycles. The lowest BCUT2D eigenvalue weighted by molar-refractivity contribution is -0.358. The van der Waals surface area contributed by atoms with Crippen molar-refractivity contribution in [1.29, 1.82) is 0 Å². The van der Waals surface area contributed by atoms with Crippen LogP contribution in [0.1, 0.15) is 0 Å². The van der Waals surface area contributed by atoms with E-state index in [9.17, 15) is 61.0 Å². The summed E-state index contributed by atoms with van der Waals surface area (Å²) in [5, 5.41) is 111. The Kier molecular flexibility index (Phi) is 8.87. The first-order valence-electron chi connectivity index (χ1n) is 13.2. The molecule has 3 aromatic rings. The Labute approximate surface area is 246 Å². The molecule has 0 bridgehead atoms. The summed E-state index contributed by atoms with van der Waals surface area (Å²) in [5.41, 5.74) is -1.47. The zero-order valence-electron chi connectivity index (χ0n) is 22.4. The molecule has 10 atom stereocenters. The Hall–Kier alpha value is -3.75. The molecule has 11 N–H and O–H groups in total. The number of rotatable bonds is 7. The molecule has 2 saturated heterocycles. The highest BCUT2D eigenvalue weighted by Crippen LogP contribution is 2.40. The Morgan fingerprint density at radius 1 is 0.705 bits per heavy atom. The molecule has 0 amide bonds. The fourth-order valence-electron chi connectivity index (χ4n) is 4.98. The highest BCUT2D eigenvalue weighted by molar-refractivity contribution is 5.88. The van der Waals surface area contributed by atoms with Crippen LogP contribution in [0.2, 0.25) is 0 Å². The van der Waals surface area contributed by atoms with Crippen molar-refractivity contribution in [1.82, 2.24) is 0 Å². The summed E-state index contributed by atoms with van der Waals surface area (Å²) in [6, 6.07) is 5.12. The second-order valence-corrected chi connectivity index (χ2v) is 10.3. The molecule has 0 unspecified atom stereocenters. The molecule has 3 heterocycles. The van der Waals surface area contributed by atoms with Gasteiger partial charge in [0.05, 0.1) is 13.2 Å². The molecule has 0 spiro atoms. The van der Waals surface area contributed by atoms with E-state index in [0.29, 0.717) is 0 Å². The number of fused-ring (bicyclic) bond motifs is 1. The molecule has 44 heavy (non-hydrogen) atoms. The van der Waals surface area contributed by atoms with Crippen molar-refractivity contribution in [2.45, 2.75) is 61.4 Å². The Morgan fingerprint density at radius 2 is 1.34 bits per heavy atom. The van der Waals surface area contributed by atoms with Crippen molar-refractivity contribution in [3.8, 4) is 40.1 Å². The van der Waals surface area contributed by atoms with Crippen molar-refractivity contribution < 1.29 is 79.5 Å². The second-order valence-electron chi connectivity index (χ2n) is 10.3. The summed E-state index contributed by atoms with van der Waals surface area (Å²) in [5.74, 6) is -3.54. The van der Waals surface area contributed by atoms with E-state index in [0.717, 1.165) is 24.3 Å². The van der Waals surface area contributed by atoms with Gasteiger partial charge in [-0.05, 0) is 18.2 Å². The van der Waals surface area contributed by atoms with Crippen LogP contribution in [0.3, 0.4) is 0 Å². The zero-order valence-corrected chi connectivity index (χ0v) is 22.4. The maximum absolute atomic E-state index is 13.7. The number of aromatic hydroxyl groups is 4. The third-order valence-corrected chi connectivity index (χ3v) is 7.35. The van der Waals surface area contributed by atoms with Gasteiger partial charge in [0.2, 0.25) is 17.5 Å². The van der Waals surface area contributed by atoms with Gasteiger partial charge in [0.15, 0.2) is 29.7 Å². The van der Waals surface area contributed by atoms with E-state index in [4.69, 9.17) is 23.4 Å². The molecular weight excluding hydrogens is 596 g/mol. The molecular formula is C27H30O17. The van der Waals surface area contributed by atoms with E-state index in [1.807, 2.05) is 0 Å². The average molecular weight is 627 g/mol. The van der Waals surface area contributed by atoms with Crippen LogP contribution in [0.4, 0.5) is 0 Å². The zero-order chi connectivity index (χ0) is 32.0. The van der Waals surface area contributed by atoms with Gasteiger partial charge in [0, 0.05) is 17.7 Å². The molecule has 0 saturated carbocycles. The lowest BCUT2D eigenvalue weighted by atomic mass is 9.97. The number of ether oxygens (including phenoxy) is 4. The molecule has 2 fully saturated rings. The number of benzene rings is 2. The number of phenols is 4. The fourth-order valence-corrected chi connectivity index (χ4v) is 4.98.